The van der Waals surface area contributed by atoms with Crippen LogP contribution in [0.15, 0.2) is 30.5 Å². The van der Waals surface area contributed by atoms with E-state index in [1.165, 1.54) is 18.4 Å². The molecule has 0 fully saturated rings. The number of nitrogens with zero attached hydrogens (tertiary/aromatic N) is 3. The number of carbonyl (C=O) groups is 1. The van der Waals surface area contributed by atoms with E-state index in [1.807, 2.05) is 45.0 Å². The van der Waals surface area contributed by atoms with Gasteiger partial charge in [-0.1, -0.05) is 29.8 Å². The smallest absolute Gasteiger partial charge is 0.339 e. The molecule has 0 saturated heterocycles. The highest BCUT2D eigenvalue weighted by Gasteiger charge is 2.39. The number of carbonyl (C=O) groups excluding carboxylic acids is 1. The average molecular weight is 408 g/mol. The van der Waals surface area contributed by atoms with Crippen molar-refractivity contribution in [2.45, 2.75) is 33.0 Å². The molecule has 0 radical (unpaired) electrons. The lowest BCUT2D eigenvalue weighted by molar-refractivity contribution is -0.141. The fraction of sp³-hybridized carbons (Fsp3) is 0.316. The van der Waals surface area contributed by atoms with Gasteiger partial charge in [0.1, 0.15) is 11.0 Å². The van der Waals surface area contributed by atoms with Gasteiger partial charge in [0.25, 0.3) is 5.91 Å². The van der Waals surface area contributed by atoms with Gasteiger partial charge in [0.2, 0.25) is 0 Å². The van der Waals surface area contributed by atoms with Crippen molar-refractivity contribution in [1.29, 1.82) is 0 Å². The molecule has 9 heteroatoms. The van der Waals surface area contributed by atoms with Crippen molar-refractivity contribution in [3.63, 3.8) is 0 Å². The van der Waals surface area contributed by atoms with Gasteiger partial charge in [0, 0.05) is 18.1 Å². The van der Waals surface area contributed by atoms with Gasteiger partial charge in [0.05, 0.1) is 11.3 Å². The molecule has 1 aromatic carbocycles. The summed E-state index contributed by atoms with van der Waals surface area (Å²) in [6.07, 6.45) is -3.65. The number of nitrogens with one attached hydrogen (secondary N) is 1. The second kappa shape index (κ2) is 7.38. The molecule has 1 unspecified atom stereocenters. The van der Waals surface area contributed by atoms with E-state index in [9.17, 15) is 18.0 Å². The highest BCUT2D eigenvalue weighted by molar-refractivity contribution is 7.11. The fourth-order valence-corrected chi connectivity index (χ4v) is 3.83. The zero-order chi connectivity index (χ0) is 20.6. The van der Waals surface area contributed by atoms with Crippen molar-refractivity contribution in [1.82, 2.24) is 20.1 Å². The Labute approximate surface area is 164 Å². The molecule has 5 nitrogen and oxygen atoms in total. The quantitative estimate of drug-likeness (QED) is 0.699. The number of aryl methyl sites for hydroxylation is 4. The van der Waals surface area contributed by atoms with Crippen LogP contribution in [0, 0.1) is 20.8 Å². The third-order valence-electron chi connectivity index (χ3n) is 4.28. The Morgan fingerprint density at radius 2 is 1.96 bits per heavy atom. The molecule has 0 bridgehead atoms. The second-order valence-corrected chi connectivity index (χ2v) is 7.81. The third kappa shape index (κ3) is 4.09. The van der Waals surface area contributed by atoms with E-state index in [-0.39, 0.29) is 0 Å². The van der Waals surface area contributed by atoms with Crippen molar-refractivity contribution in [2.75, 3.05) is 0 Å². The fourth-order valence-electron chi connectivity index (χ4n) is 2.83. The molecule has 3 aromatic rings. The van der Waals surface area contributed by atoms with Gasteiger partial charge in [-0.25, -0.2) is 4.98 Å². The molecule has 1 amide bonds. The molecule has 0 spiro atoms. The molecule has 0 saturated carbocycles. The van der Waals surface area contributed by atoms with Crippen LogP contribution in [-0.2, 0) is 13.2 Å². The van der Waals surface area contributed by atoms with Gasteiger partial charge in [-0.3, -0.25) is 9.48 Å². The lowest BCUT2D eigenvalue weighted by Gasteiger charge is -2.18. The summed E-state index contributed by atoms with van der Waals surface area (Å²) in [5.41, 5.74) is 0.822. The molecule has 2 heterocycles. The van der Waals surface area contributed by atoms with Gasteiger partial charge in [-0.2, -0.15) is 18.3 Å². The number of rotatable bonds is 4. The van der Waals surface area contributed by atoms with E-state index >= 15 is 0 Å². The maximum Gasteiger partial charge on any atom is 0.435 e. The van der Waals surface area contributed by atoms with Gasteiger partial charge < -0.3 is 5.32 Å². The lowest BCUT2D eigenvalue weighted by Crippen LogP contribution is -2.30. The molecule has 1 atom stereocenters. The van der Waals surface area contributed by atoms with Gasteiger partial charge in [-0.05, 0) is 26.3 Å². The van der Waals surface area contributed by atoms with E-state index in [1.54, 1.807) is 0 Å². The first-order chi connectivity index (χ1) is 13.1. The first-order valence-corrected chi connectivity index (χ1v) is 9.30. The maximum absolute atomic E-state index is 13.2. The predicted molar refractivity (Wildman–Crippen MR) is 100 cm³/mol. The molecule has 2 aromatic heterocycles. The Bertz CT molecular complexity index is 1000. The van der Waals surface area contributed by atoms with E-state index in [4.69, 9.17) is 0 Å². The van der Waals surface area contributed by atoms with Gasteiger partial charge >= 0.3 is 6.18 Å². The number of benzene rings is 1. The van der Waals surface area contributed by atoms with E-state index in [0.29, 0.717) is 5.01 Å². The number of hydrogen-bond donors (Lipinski definition) is 1. The largest absolute Gasteiger partial charge is 0.435 e. The number of hydrogen-bond acceptors (Lipinski definition) is 4. The standard InChI is InChI=1S/C19H19F3N4OS/c1-10-6-5-7-13(8-10)15(18-23-11(2)12(3)28-18)24-17(27)14-9-26(4)25-16(14)19(20,21)22/h5-9,15H,1-4H3,(H,24,27). The van der Waals surface area contributed by atoms with Crippen LogP contribution in [0.5, 0.6) is 0 Å². The summed E-state index contributed by atoms with van der Waals surface area (Å²) in [5.74, 6) is -0.850. The number of aromatic nitrogens is 3. The number of alkyl halides is 3. The molecule has 3 rings (SSSR count). The van der Waals surface area contributed by atoms with Crippen molar-refractivity contribution < 1.29 is 18.0 Å². The van der Waals surface area contributed by atoms with Crippen molar-refractivity contribution in [3.05, 3.63) is 68.4 Å². The predicted octanol–water partition coefficient (Wildman–Crippen LogP) is 4.34. The molecule has 28 heavy (non-hydrogen) atoms. The minimum atomic E-state index is -4.72. The van der Waals surface area contributed by atoms with Crippen molar-refractivity contribution in [3.8, 4) is 0 Å². The van der Waals surface area contributed by atoms with Crippen LogP contribution in [0.4, 0.5) is 13.2 Å². The Morgan fingerprint density at radius 3 is 2.54 bits per heavy atom. The number of halogens is 3. The van der Waals surface area contributed by atoms with Crippen LogP contribution in [-0.4, -0.2) is 20.7 Å². The topological polar surface area (TPSA) is 59.8 Å². The van der Waals surface area contributed by atoms with Crippen LogP contribution >= 0.6 is 11.3 Å². The zero-order valence-corrected chi connectivity index (χ0v) is 16.6. The molecular weight excluding hydrogens is 389 g/mol. The summed E-state index contributed by atoms with van der Waals surface area (Å²) in [7, 11) is 1.34. The van der Waals surface area contributed by atoms with Crippen LogP contribution in [0.1, 0.15) is 48.8 Å². The number of thiazole rings is 1. The summed E-state index contributed by atoms with van der Waals surface area (Å²) in [6.45, 7) is 5.67. The summed E-state index contributed by atoms with van der Waals surface area (Å²) in [5, 5.41) is 6.74. The van der Waals surface area contributed by atoms with Crippen molar-refractivity contribution in [2.24, 2.45) is 7.05 Å². The number of amides is 1. The minimum Gasteiger partial charge on any atom is -0.339 e. The minimum absolute atomic E-state index is 0.516. The van der Waals surface area contributed by atoms with Crippen LogP contribution in [0.25, 0.3) is 0 Å². The molecule has 0 aliphatic rings. The highest BCUT2D eigenvalue weighted by Crippen LogP contribution is 2.32. The normalized spacial score (nSPS) is 12.8. The van der Waals surface area contributed by atoms with Gasteiger partial charge in [0.15, 0.2) is 5.69 Å². The van der Waals surface area contributed by atoms with Crippen LogP contribution in [0.2, 0.25) is 0 Å². The first kappa shape index (κ1) is 20.1. The Morgan fingerprint density at radius 1 is 1.25 bits per heavy atom. The van der Waals surface area contributed by atoms with E-state index in [0.717, 1.165) is 32.6 Å². The summed E-state index contributed by atoms with van der Waals surface area (Å²) in [6, 6.07) is 6.78. The second-order valence-electron chi connectivity index (χ2n) is 6.58. The molecular formula is C19H19F3N4OS. The molecule has 148 valence electrons. The average Bonchev–Trinajstić information content (AvgIpc) is 3.15. The summed E-state index contributed by atoms with van der Waals surface area (Å²) >= 11 is 1.41. The Balaban J connectivity index is 2.02. The highest BCUT2D eigenvalue weighted by atomic mass is 32.1. The molecule has 0 aliphatic heterocycles. The van der Waals surface area contributed by atoms with Crippen LogP contribution in [0.3, 0.4) is 0 Å². The Hall–Kier alpha value is -2.68. The van der Waals surface area contributed by atoms with Gasteiger partial charge in [-0.15, -0.1) is 11.3 Å². The van der Waals surface area contributed by atoms with E-state index < -0.39 is 29.4 Å². The monoisotopic (exact) mass is 408 g/mol. The van der Waals surface area contributed by atoms with E-state index in [2.05, 4.69) is 15.4 Å². The SMILES string of the molecule is Cc1cccc(C(NC(=O)c2cn(C)nc2C(F)(F)F)c2nc(C)c(C)s2)c1. The molecule has 1 N–H and O–H groups in total. The Kier molecular flexibility index (Phi) is 5.29. The zero-order valence-electron chi connectivity index (χ0n) is 15.8. The van der Waals surface area contributed by atoms with Crippen LogP contribution < -0.4 is 5.32 Å². The first-order valence-electron chi connectivity index (χ1n) is 8.48. The molecule has 0 aliphatic carbocycles. The lowest BCUT2D eigenvalue weighted by atomic mass is 10.0. The van der Waals surface area contributed by atoms with Crippen molar-refractivity contribution >= 4 is 17.2 Å². The summed E-state index contributed by atoms with van der Waals surface area (Å²) < 4.78 is 40.7. The maximum atomic E-state index is 13.2. The summed E-state index contributed by atoms with van der Waals surface area (Å²) in [4.78, 5) is 18.3. The third-order valence-corrected chi connectivity index (χ3v) is 5.42.